The average molecular weight is 538 g/mol. The van der Waals surface area contributed by atoms with Crippen molar-refractivity contribution < 1.29 is 19.0 Å². The van der Waals surface area contributed by atoms with Gasteiger partial charge in [-0.25, -0.2) is 4.39 Å². The number of carboxylic acid groups (broad SMARTS) is 1. The van der Waals surface area contributed by atoms with Crippen LogP contribution in [0.1, 0.15) is 43.0 Å². The number of rotatable bonds is 10. The normalized spacial score (nSPS) is 18.6. The number of benzene rings is 2. The first kappa shape index (κ1) is 29.8. The van der Waals surface area contributed by atoms with Crippen molar-refractivity contribution in [1.82, 2.24) is 9.88 Å². The Kier molecular flexibility index (Phi) is 11.9. The van der Waals surface area contributed by atoms with Gasteiger partial charge in [-0.15, -0.1) is 24.8 Å². The third-order valence-corrected chi connectivity index (χ3v) is 7.05. The molecule has 0 amide bonds. The van der Waals surface area contributed by atoms with Crippen LogP contribution in [0, 0.1) is 11.8 Å². The highest BCUT2D eigenvalue weighted by atomic mass is 35.5. The molecule has 1 unspecified atom stereocenters. The number of alkyl halides is 1. The first-order valence-corrected chi connectivity index (χ1v) is 12.1. The van der Waals surface area contributed by atoms with E-state index in [-0.39, 0.29) is 30.7 Å². The number of nitrogens with zero attached hydrogens (tertiary/aromatic N) is 2. The molecule has 1 fully saturated rings. The molecule has 196 valence electrons. The van der Waals surface area contributed by atoms with E-state index >= 15 is 4.39 Å². The SMILES string of the molecule is COc1ccc2nccc(C(F)CC[C@@H]3CCN(CCCc4ccccc4)C[C@@H]3C(=O)O)c2c1.Cl.Cl. The van der Waals surface area contributed by atoms with Crippen LogP contribution in [0.2, 0.25) is 0 Å². The number of hydrogen-bond acceptors (Lipinski definition) is 4. The zero-order valence-electron chi connectivity index (χ0n) is 20.5. The molecule has 36 heavy (non-hydrogen) atoms. The van der Waals surface area contributed by atoms with Gasteiger partial charge in [0.2, 0.25) is 0 Å². The Balaban J connectivity index is 0.00000228. The highest BCUT2D eigenvalue weighted by molar-refractivity contribution is 5.85. The second-order valence-corrected chi connectivity index (χ2v) is 9.21. The van der Waals surface area contributed by atoms with Crippen molar-refractivity contribution in [2.24, 2.45) is 11.8 Å². The van der Waals surface area contributed by atoms with Gasteiger partial charge in [-0.3, -0.25) is 9.78 Å². The number of methoxy groups -OCH3 is 1. The van der Waals surface area contributed by atoms with Gasteiger partial charge >= 0.3 is 5.97 Å². The summed E-state index contributed by atoms with van der Waals surface area (Å²) in [7, 11) is 1.59. The number of hydrogen-bond donors (Lipinski definition) is 1. The molecule has 3 atom stereocenters. The van der Waals surface area contributed by atoms with E-state index in [2.05, 4.69) is 22.0 Å². The average Bonchev–Trinajstić information content (AvgIpc) is 2.87. The fourth-order valence-electron chi connectivity index (χ4n) is 5.11. The summed E-state index contributed by atoms with van der Waals surface area (Å²) in [5.74, 6) is -0.567. The molecular formula is C28H35Cl2FN2O3. The van der Waals surface area contributed by atoms with E-state index in [1.165, 1.54) is 5.56 Å². The van der Waals surface area contributed by atoms with Crippen molar-refractivity contribution in [3.63, 3.8) is 0 Å². The maximum Gasteiger partial charge on any atom is 0.308 e. The number of carbonyl (C=O) groups is 1. The van der Waals surface area contributed by atoms with Gasteiger partial charge in [0.05, 0.1) is 18.5 Å². The number of aliphatic carboxylic acids is 1. The highest BCUT2D eigenvalue weighted by Gasteiger charge is 2.34. The molecule has 1 saturated heterocycles. The molecule has 8 heteroatoms. The number of carboxylic acids is 1. The van der Waals surface area contributed by atoms with Crippen LogP contribution >= 0.6 is 24.8 Å². The topological polar surface area (TPSA) is 62.7 Å². The maximum atomic E-state index is 15.4. The third kappa shape index (κ3) is 7.55. The van der Waals surface area contributed by atoms with Crippen molar-refractivity contribution >= 4 is 41.7 Å². The van der Waals surface area contributed by atoms with Crippen LogP contribution in [0.15, 0.2) is 60.8 Å². The highest BCUT2D eigenvalue weighted by Crippen LogP contribution is 2.35. The number of likely N-dealkylation sites (tertiary alicyclic amines) is 1. The zero-order valence-corrected chi connectivity index (χ0v) is 22.1. The summed E-state index contributed by atoms with van der Waals surface area (Å²) in [6.45, 7) is 2.30. The van der Waals surface area contributed by atoms with Crippen molar-refractivity contribution in [1.29, 1.82) is 0 Å². The van der Waals surface area contributed by atoms with Crippen LogP contribution in [0.25, 0.3) is 10.9 Å². The summed E-state index contributed by atoms with van der Waals surface area (Å²) in [6.07, 6.45) is 4.11. The lowest BCUT2D eigenvalue weighted by atomic mass is 9.81. The molecule has 0 spiro atoms. The van der Waals surface area contributed by atoms with Gasteiger partial charge in [-0.05, 0) is 86.5 Å². The second-order valence-electron chi connectivity index (χ2n) is 9.21. The predicted molar refractivity (Wildman–Crippen MR) is 146 cm³/mol. The van der Waals surface area contributed by atoms with Crippen LogP contribution < -0.4 is 4.74 Å². The molecule has 1 aliphatic rings. The smallest absolute Gasteiger partial charge is 0.308 e. The molecule has 5 nitrogen and oxygen atoms in total. The monoisotopic (exact) mass is 536 g/mol. The van der Waals surface area contributed by atoms with E-state index in [4.69, 9.17) is 4.74 Å². The summed E-state index contributed by atoms with van der Waals surface area (Å²) >= 11 is 0. The predicted octanol–water partition coefficient (Wildman–Crippen LogP) is 6.53. The van der Waals surface area contributed by atoms with Crippen molar-refractivity contribution in [2.75, 3.05) is 26.7 Å². The van der Waals surface area contributed by atoms with Crippen LogP contribution in [0.4, 0.5) is 4.39 Å². The molecule has 1 aromatic heterocycles. The van der Waals surface area contributed by atoms with Crippen molar-refractivity contribution in [2.45, 2.75) is 38.3 Å². The van der Waals surface area contributed by atoms with Gasteiger partial charge < -0.3 is 14.7 Å². The molecule has 1 aliphatic heterocycles. The van der Waals surface area contributed by atoms with Gasteiger partial charge in [-0.2, -0.15) is 0 Å². The van der Waals surface area contributed by atoms with Gasteiger partial charge in [-0.1, -0.05) is 30.3 Å². The minimum absolute atomic E-state index is 0. The third-order valence-electron chi connectivity index (χ3n) is 7.05. The molecule has 0 aliphatic carbocycles. The Morgan fingerprint density at radius 3 is 2.69 bits per heavy atom. The fraction of sp³-hybridized carbons (Fsp3) is 0.429. The number of pyridine rings is 1. The molecule has 4 rings (SSSR count). The lowest BCUT2D eigenvalue weighted by Crippen LogP contribution is -2.44. The second kappa shape index (κ2) is 14.4. The lowest BCUT2D eigenvalue weighted by molar-refractivity contribution is -0.146. The molecule has 2 heterocycles. The lowest BCUT2D eigenvalue weighted by Gasteiger charge is -2.37. The minimum Gasteiger partial charge on any atom is -0.497 e. The summed E-state index contributed by atoms with van der Waals surface area (Å²) in [5.41, 5.74) is 2.63. The number of aryl methyl sites for hydroxylation is 1. The molecule has 3 aromatic rings. The Morgan fingerprint density at radius 2 is 1.97 bits per heavy atom. The Labute approximate surface area is 224 Å². The zero-order chi connectivity index (χ0) is 23.9. The fourth-order valence-corrected chi connectivity index (χ4v) is 5.11. The summed E-state index contributed by atoms with van der Waals surface area (Å²) < 4.78 is 20.7. The van der Waals surface area contributed by atoms with Crippen molar-refractivity contribution in [3.8, 4) is 5.75 Å². The van der Waals surface area contributed by atoms with Gasteiger partial charge in [0.1, 0.15) is 11.9 Å². The van der Waals surface area contributed by atoms with E-state index in [0.29, 0.717) is 30.7 Å². The first-order valence-electron chi connectivity index (χ1n) is 12.1. The van der Waals surface area contributed by atoms with Crippen LogP contribution in [-0.4, -0.2) is 47.7 Å². The first-order chi connectivity index (χ1) is 16.5. The quantitative estimate of drug-likeness (QED) is 0.319. The molecule has 0 saturated carbocycles. The largest absolute Gasteiger partial charge is 0.497 e. The molecule has 0 radical (unpaired) electrons. The van der Waals surface area contributed by atoms with Gasteiger partial charge in [0, 0.05) is 18.1 Å². The Bertz CT molecular complexity index is 1100. The van der Waals surface area contributed by atoms with E-state index < -0.39 is 18.1 Å². The number of fused-ring (bicyclic) bond motifs is 1. The van der Waals surface area contributed by atoms with E-state index in [1.807, 2.05) is 36.4 Å². The Hall–Kier alpha value is -2.41. The van der Waals surface area contributed by atoms with Crippen LogP contribution in [0.5, 0.6) is 5.75 Å². The number of ether oxygens (including phenoxy) is 1. The standard InChI is InChI=1S/C28H33FN2O3.2ClH/c1-34-22-10-12-27-24(18-22)23(13-15-30-27)26(29)11-9-21-14-17-31(19-25(21)28(32)33)16-5-8-20-6-3-2-4-7-20;;/h2-4,6-7,10,12-13,15,18,21,25-26H,5,8-9,11,14,16-17,19H2,1H3,(H,32,33);2*1H/t21-,25+,26?;;/m1../s1. The number of halogens is 3. The van der Waals surface area contributed by atoms with Crippen molar-refractivity contribution in [3.05, 3.63) is 71.9 Å². The molecule has 2 aromatic carbocycles. The van der Waals surface area contributed by atoms with Crippen LogP contribution in [0.3, 0.4) is 0 Å². The van der Waals surface area contributed by atoms with E-state index in [9.17, 15) is 9.90 Å². The summed E-state index contributed by atoms with van der Waals surface area (Å²) in [4.78, 5) is 18.6. The number of piperidine rings is 1. The summed E-state index contributed by atoms with van der Waals surface area (Å²) in [5, 5.41) is 10.6. The molecular weight excluding hydrogens is 502 g/mol. The van der Waals surface area contributed by atoms with Gasteiger partial charge in [0.15, 0.2) is 0 Å². The van der Waals surface area contributed by atoms with E-state index in [0.717, 1.165) is 43.3 Å². The molecule has 1 N–H and O–H groups in total. The van der Waals surface area contributed by atoms with E-state index in [1.54, 1.807) is 19.4 Å². The maximum absolute atomic E-state index is 15.4. The van der Waals surface area contributed by atoms with Gasteiger partial charge in [0.25, 0.3) is 0 Å². The van der Waals surface area contributed by atoms with Crippen LogP contribution in [-0.2, 0) is 11.2 Å². The minimum atomic E-state index is -1.17. The Morgan fingerprint density at radius 1 is 1.19 bits per heavy atom. The summed E-state index contributed by atoms with van der Waals surface area (Å²) in [6, 6.07) is 17.5. The number of aromatic nitrogens is 1. The molecule has 0 bridgehead atoms.